The Kier molecular flexibility index (Phi) is 2.51. The summed E-state index contributed by atoms with van der Waals surface area (Å²) in [4.78, 5) is 0. The highest BCUT2D eigenvalue weighted by atomic mass is 16.7. The Morgan fingerprint density at radius 2 is 1.27 bits per heavy atom. The van der Waals surface area contributed by atoms with Crippen molar-refractivity contribution in [3.8, 4) is 0 Å². The average molecular weight is 356 g/mol. The van der Waals surface area contributed by atoms with Crippen LogP contribution in [0.15, 0.2) is 0 Å². The van der Waals surface area contributed by atoms with Crippen molar-refractivity contribution in [1.29, 1.82) is 0 Å². The Balaban J connectivity index is 1.14. The van der Waals surface area contributed by atoms with Gasteiger partial charge in [-0.05, 0) is 80.0 Å². The van der Waals surface area contributed by atoms with Gasteiger partial charge in [0, 0.05) is 0 Å². The van der Waals surface area contributed by atoms with E-state index in [0.717, 1.165) is 30.6 Å². The van der Waals surface area contributed by atoms with E-state index < -0.39 is 0 Å². The van der Waals surface area contributed by atoms with Gasteiger partial charge in [-0.25, -0.2) is 0 Å². The van der Waals surface area contributed by atoms with E-state index in [4.69, 9.17) is 18.6 Å². The van der Waals surface area contributed by atoms with E-state index in [2.05, 4.69) is 34.6 Å². The van der Waals surface area contributed by atoms with Crippen LogP contribution < -0.4 is 0 Å². The van der Waals surface area contributed by atoms with E-state index >= 15 is 0 Å². The van der Waals surface area contributed by atoms with Gasteiger partial charge in [-0.2, -0.15) is 0 Å². The first-order valence-electron chi connectivity index (χ1n) is 10.9. The number of hydrogen-bond acceptors (Lipinski definition) is 4. The van der Waals surface area contributed by atoms with Crippen molar-refractivity contribution >= 4 is 14.0 Å². The van der Waals surface area contributed by atoms with Crippen LogP contribution in [0.25, 0.3) is 0 Å². The lowest BCUT2D eigenvalue weighted by Crippen LogP contribution is -2.65. The molecule has 0 aromatic carbocycles. The van der Waals surface area contributed by atoms with Gasteiger partial charge in [-0.3, -0.25) is 0 Å². The maximum Gasteiger partial charge on any atom is 0.488 e. The molecule has 0 N–H and O–H groups in total. The van der Waals surface area contributed by atoms with Crippen LogP contribution in [0.5, 0.6) is 0 Å². The summed E-state index contributed by atoms with van der Waals surface area (Å²) >= 11 is 0. The number of rotatable bonds is 1. The minimum absolute atomic E-state index is 0.147. The zero-order valence-corrected chi connectivity index (χ0v) is 16.7. The summed E-state index contributed by atoms with van der Waals surface area (Å²) in [6.45, 7) is 11.9. The maximum absolute atomic E-state index is 6.63. The molecule has 2 bridgehead atoms. The molecule has 2 saturated heterocycles. The fourth-order valence-electron chi connectivity index (χ4n) is 8.89. The zero-order chi connectivity index (χ0) is 17.9. The SMILES string of the molecule is CC1(C)C2CC3OB(B4OC5CC6C7CC(C67C)[C@]5(C)O4)O[C@@]3(C)C1C2. The molecular formula is C20H30B2O4. The molecule has 0 radical (unpaired) electrons. The Hall–Kier alpha value is -0.0301. The Morgan fingerprint density at radius 3 is 1.92 bits per heavy atom. The van der Waals surface area contributed by atoms with Crippen molar-refractivity contribution in [3.05, 3.63) is 0 Å². The highest BCUT2D eigenvalue weighted by Gasteiger charge is 2.82. The molecule has 8 rings (SSSR count). The first kappa shape index (κ1) is 15.8. The third kappa shape index (κ3) is 1.43. The lowest BCUT2D eigenvalue weighted by Gasteiger charge is -2.64. The number of fused-ring (bicyclic) bond motifs is 3. The van der Waals surface area contributed by atoms with Gasteiger partial charge < -0.3 is 18.6 Å². The van der Waals surface area contributed by atoms with Crippen LogP contribution in [0.4, 0.5) is 0 Å². The molecular weight excluding hydrogens is 326 g/mol. The van der Waals surface area contributed by atoms with Crippen molar-refractivity contribution < 1.29 is 18.6 Å². The van der Waals surface area contributed by atoms with Gasteiger partial charge in [0.05, 0.1) is 23.4 Å². The summed E-state index contributed by atoms with van der Waals surface area (Å²) in [6, 6.07) is 0. The molecule has 8 fully saturated rings. The molecule has 10 atom stereocenters. The minimum Gasteiger partial charge on any atom is -0.407 e. The van der Waals surface area contributed by atoms with Gasteiger partial charge in [0.1, 0.15) is 0 Å². The summed E-state index contributed by atoms with van der Waals surface area (Å²) in [5.41, 5.74) is 0.579. The molecule has 6 heteroatoms. The molecule has 8 unspecified atom stereocenters. The molecule has 0 aromatic rings. The minimum atomic E-state index is -0.359. The summed E-state index contributed by atoms with van der Waals surface area (Å²) in [5, 5.41) is 0. The smallest absolute Gasteiger partial charge is 0.407 e. The summed E-state index contributed by atoms with van der Waals surface area (Å²) in [6.07, 6.45) is 5.31. The van der Waals surface area contributed by atoms with Crippen LogP contribution in [0.2, 0.25) is 0 Å². The predicted octanol–water partition coefficient (Wildman–Crippen LogP) is 3.13. The van der Waals surface area contributed by atoms with E-state index in [0.29, 0.717) is 22.7 Å². The Bertz CT molecular complexity index is 690. The van der Waals surface area contributed by atoms with E-state index in [9.17, 15) is 0 Å². The topological polar surface area (TPSA) is 36.9 Å². The van der Waals surface area contributed by atoms with E-state index in [1.165, 1.54) is 12.8 Å². The molecule has 0 amide bonds. The van der Waals surface area contributed by atoms with Crippen LogP contribution >= 0.6 is 0 Å². The summed E-state index contributed by atoms with van der Waals surface area (Å²) < 4.78 is 26.1. The van der Waals surface area contributed by atoms with Crippen LogP contribution in [-0.2, 0) is 18.6 Å². The van der Waals surface area contributed by atoms with Gasteiger partial charge in [0.2, 0.25) is 0 Å². The fourth-order valence-corrected chi connectivity index (χ4v) is 8.89. The van der Waals surface area contributed by atoms with Crippen LogP contribution in [0, 0.1) is 40.4 Å². The standard InChI is InChI=1S/C20H30B2O4/c1-17(2)10-6-13(17)19(4)15(7-10)23-21(25-19)22-24-16-9-12-11-8-14(18(11,12)3)20(16,5)26-22/h10-16H,6-9H2,1-5H3/t10?,11?,12?,13?,14?,15?,16?,18?,19-,20-/m0/s1. The maximum atomic E-state index is 6.63. The highest BCUT2D eigenvalue weighted by molar-refractivity contribution is 7.11. The van der Waals surface area contributed by atoms with Crippen molar-refractivity contribution in [2.45, 2.75) is 83.7 Å². The largest absolute Gasteiger partial charge is 0.488 e. The van der Waals surface area contributed by atoms with Crippen molar-refractivity contribution in [2.24, 2.45) is 40.4 Å². The molecule has 26 heavy (non-hydrogen) atoms. The predicted molar refractivity (Wildman–Crippen MR) is 98.0 cm³/mol. The molecule has 6 saturated carbocycles. The molecule has 8 aliphatic rings. The average Bonchev–Trinajstić information content (AvgIpc) is 2.87. The molecule has 0 spiro atoms. The summed E-state index contributed by atoms with van der Waals surface area (Å²) in [5.74, 6) is 3.82. The van der Waals surface area contributed by atoms with Crippen molar-refractivity contribution in [3.63, 3.8) is 0 Å². The van der Waals surface area contributed by atoms with Gasteiger partial charge in [-0.15, -0.1) is 0 Å². The molecule has 2 heterocycles. The molecule has 2 aliphatic heterocycles. The van der Waals surface area contributed by atoms with Crippen LogP contribution in [0.1, 0.15) is 60.3 Å². The molecule has 140 valence electrons. The quantitative estimate of drug-likeness (QED) is 0.677. The second kappa shape index (κ2) is 4.13. The second-order valence-corrected chi connectivity index (χ2v) is 11.7. The first-order valence-corrected chi connectivity index (χ1v) is 10.9. The van der Waals surface area contributed by atoms with Crippen LogP contribution in [0.3, 0.4) is 0 Å². The van der Waals surface area contributed by atoms with Crippen molar-refractivity contribution in [2.75, 3.05) is 0 Å². The number of hydrogen-bond donors (Lipinski definition) is 0. The second-order valence-electron chi connectivity index (χ2n) is 11.7. The van der Waals surface area contributed by atoms with Gasteiger partial charge >= 0.3 is 14.0 Å². The van der Waals surface area contributed by atoms with Crippen molar-refractivity contribution in [1.82, 2.24) is 0 Å². The molecule has 6 aliphatic carbocycles. The highest BCUT2D eigenvalue weighted by Crippen LogP contribution is 2.82. The zero-order valence-electron chi connectivity index (χ0n) is 16.7. The first-order chi connectivity index (χ1) is 12.2. The Morgan fingerprint density at radius 1 is 0.692 bits per heavy atom. The lowest BCUT2D eigenvalue weighted by molar-refractivity contribution is -0.199. The third-order valence-electron chi connectivity index (χ3n) is 10.9. The summed E-state index contributed by atoms with van der Waals surface area (Å²) in [7, 11) is -0.713. The van der Waals surface area contributed by atoms with Crippen LogP contribution in [-0.4, -0.2) is 37.4 Å². The molecule has 0 aromatic heterocycles. The third-order valence-corrected chi connectivity index (χ3v) is 10.9. The van der Waals surface area contributed by atoms with E-state index in [1.54, 1.807) is 0 Å². The van der Waals surface area contributed by atoms with Gasteiger partial charge in [-0.1, -0.05) is 20.8 Å². The van der Waals surface area contributed by atoms with Gasteiger partial charge in [0.15, 0.2) is 0 Å². The Labute approximate surface area is 157 Å². The fraction of sp³-hybridized carbons (Fsp3) is 1.00. The van der Waals surface area contributed by atoms with Gasteiger partial charge in [0.25, 0.3) is 0 Å². The van der Waals surface area contributed by atoms with E-state index in [1.807, 2.05) is 0 Å². The van der Waals surface area contributed by atoms with E-state index in [-0.39, 0.29) is 37.4 Å². The lowest BCUT2D eigenvalue weighted by atomic mass is 9.43. The molecule has 4 nitrogen and oxygen atoms in total. The monoisotopic (exact) mass is 356 g/mol. The normalized spacial score (nSPS) is 65.7.